The number of aromatic amines is 1. The molecule has 0 bridgehead atoms. The molecule has 2 aromatic rings. The van der Waals surface area contributed by atoms with Crippen LogP contribution in [0.5, 0.6) is 0 Å². The van der Waals surface area contributed by atoms with Gasteiger partial charge in [-0.15, -0.1) is 0 Å². The van der Waals surface area contributed by atoms with Gasteiger partial charge in [-0.2, -0.15) is 0 Å². The molecule has 1 aromatic carbocycles. The fourth-order valence-corrected chi connectivity index (χ4v) is 1.52. The van der Waals surface area contributed by atoms with E-state index in [0.717, 1.165) is 13.0 Å². The number of nitrogens with one attached hydrogen (secondary N) is 1. The van der Waals surface area contributed by atoms with Gasteiger partial charge in [-0.25, -0.2) is 4.98 Å². The molecule has 0 unspecified atom stereocenters. The number of benzene rings is 1. The van der Waals surface area contributed by atoms with Crippen LogP contribution in [0.1, 0.15) is 5.69 Å². The zero-order valence-corrected chi connectivity index (χ0v) is 8.85. The van der Waals surface area contributed by atoms with Gasteiger partial charge in [0.05, 0.1) is 6.33 Å². The highest BCUT2D eigenvalue weighted by atomic mass is 15.1. The largest absolute Gasteiger partial charge is 0.374 e. The topological polar surface area (TPSA) is 31.9 Å². The second-order valence-electron chi connectivity index (χ2n) is 3.58. The summed E-state index contributed by atoms with van der Waals surface area (Å²) in [6.07, 6.45) is 4.59. The van der Waals surface area contributed by atoms with Crippen molar-refractivity contribution in [1.82, 2.24) is 9.97 Å². The van der Waals surface area contributed by atoms with E-state index >= 15 is 0 Å². The van der Waals surface area contributed by atoms with Gasteiger partial charge < -0.3 is 9.88 Å². The second-order valence-corrected chi connectivity index (χ2v) is 3.58. The lowest BCUT2D eigenvalue weighted by Gasteiger charge is -2.18. The minimum absolute atomic E-state index is 0.991. The molecule has 78 valence electrons. The molecular weight excluding hydrogens is 186 g/mol. The van der Waals surface area contributed by atoms with Crippen LogP contribution in [0, 0.1) is 0 Å². The first-order valence-corrected chi connectivity index (χ1v) is 5.10. The van der Waals surface area contributed by atoms with Crippen molar-refractivity contribution < 1.29 is 0 Å². The molecule has 0 fully saturated rings. The van der Waals surface area contributed by atoms with Gasteiger partial charge in [-0.05, 0) is 12.1 Å². The quantitative estimate of drug-likeness (QED) is 0.821. The monoisotopic (exact) mass is 201 g/mol. The molecule has 0 amide bonds. The number of hydrogen-bond donors (Lipinski definition) is 1. The van der Waals surface area contributed by atoms with Gasteiger partial charge in [-0.3, -0.25) is 0 Å². The molecule has 1 heterocycles. The maximum Gasteiger partial charge on any atom is 0.0921 e. The van der Waals surface area contributed by atoms with Gasteiger partial charge >= 0.3 is 0 Å². The highest BCUT2D eigenvalue weighted by molar-refractivity contribution is 5.44. The fraction of sp³-hybridized carbons (Fsp3) is 0.250. The van der Waals surface area contributed by atoms with E-state index in [9.17, 15) is 0 Å². The molecule has 15 heavy (non-hydrogen) atoms. The minimum atomic E-state index is 0.991. The lowest BCUT2D eigenvalue weighted by Crippen LogP contribution is -2.20. The van der Waals surface area contributed by atoms with Gasteiger partial charge in [0.1, 0.15) is 0 Å². The third-order valence-electron chi connectivity index (χ3n) is 2.47. The molecule has 0 aliphatic carbocycles. The first-order chi connectivity index (χ1) is 7.36. The van der Waals surface area contributed by atoms with E-state index < -0.39 is 0 Å². The standard InChI is InChI=1S/C12H15N3/c1-15(12-5-3-2-4-6-12)8-7-11-9-13-10-14-11/h2-6,9-10H,7-8H2,1H3,(H,13,14). The van der Waals surface area contributed by atoms with Crippen molar-refractivity contribution in [2.45, 2.75) is 6.42 Å². The molecule has 1 N–H and O–H groups in total. The highest BCUT2D eigenvalue weighted by Gasteiger charge is 2.00. The number of nitrogens with zero attached hydrogens (tertiary/aromatic N) is 2. The van der Waals surface area contributed by atoms with Gasteiger partial charge in [0.25, 0.3) is 0 Å². The number of aromatic nitrogens is 2. The highest BCUT2D eigenvalue weighted by Crippen LogP contribution is 2.11. The van der Waals surface area contributed by atoms with Crippen molar-refractivity contribution in [3.8, 4) is 0 Å². The Kier molecular flexibility index (Phi) is 3.02. The Labute approximate surface area is 89.8 Å². The average molecular weight is 201 g/mol. The van der Waals surface area contributed by atoms with Crippen LogP contribution >= 0.6 is 0 Å². The van der Waals surface area contributed by atoms with E-state index in [2.05, 4.69) is 46.2 Å². The Hall–Kier alpha value is -1.77. The smallest absolute Gasteiger partial charge is 0.0921 e. The van der Waals surface area contributed by atoms with Crippen LogP contribution in [0.15, 0.2) is 42.9 Å². The average Bonchev–Trinajstić information content (AvgIpc) is 2.80. The number of H-pyrrole nitrogens is 1. The summed E-state index contributed by atoms with van der Waals surface area (Å²) in [4.78, 5) is 9.34. The van der Waals surface area contributed by atoms with E-state index in [4.69, 9.17) is 0 Å². The minimum Gasteiger partial charge on any atom is -0.374 e. The Morgan fingerprint density at radius 1 is 1.27 bits per heavy atom. The van der Waals surface area contributed by atoms with E-state index in [1.807, 2.05) is 12.3 Å². The zero-order valence-electron chi connectivity index (χ0n) is 8.85. The van der Waals surface area contributed by atoms with Gasteiger partial charge in [0.15, 0.2) is 0 Å². The number of likely N-dealkylation sites (N-methyl/N-ethyl adjacent to an activating group) is 1. The molecule has 0 radical (unpaired) electrons. The van der Waals surface area contributed by atoms with Crippen LogP contribution in [0.2, 0.25) is 0 Å². The summed E-state index contributed by atoms with van der Waals surface area (Å²) in [7, 11) is 2.10. The first-order valence-electron chi connectivity index (χ1n) is 5.10. The number of imidazole rings is 1. The first kappa shape index (κ1) is 9.77. The fourth-order valence-electron chi connectivity index (χ4n) is 1.52. The summed E-state index contributed by atoms with van der Waals surface area (Å²) < 4.78 is 0. The van der Waals surface area contributed by atoms with Gasteiger partial charge in [0, 0.05) is 37.6 Å². The van der Waals surface area contributed by atoms with E-state index in [1.54, 1.807) is 6.33 Å². The maximum absolute atomic E-state index is 4.00. The van der Waals surface area contributed by atoms with Crippen molar-refractivity contribution in [2.24, 2.45) is 0 Å². The Morgan fingerprint density at radius 2 is 2.07 bits per heavy atom. The number of rotatable bonds is 4. The molecule has 2 rings (SSSR count). The zero-order chi connectivity index (χ0) is 10.5. The van der Waals surface area contributed by atoms with Gasteiger partial charge in [0.2, 0.25) is 0 Å². The summed E-state index contributed by atoms with van der Waals surface area (Å²) in [5, 5.41) is 0. The van der Waals surface area contributed by atoms with Crippen LogP contribution < -0.4 is 4.90 Å². The van der Waals surface area contributed by atoms with Crippen molar-refractivity contribution in [3.63, 3.8) is 0 Å². The van der Waals surface area contributed by atoms with Crippen LogP contribution in [0.25, 0.3) is 0 Å². The summed E-state index contributed by atoms with van der Waals surface area (Å²) in [5.41, 5.74) is 2.43. The van der Waals surface area contributed by atoms with Crippen LogP contribution in [-0.4, -0.2) is 23.6 Å². The summed E-state index contributed by atoms with van der Waals surface area (Å²) in [5.74, 6) is 0. The molecule has 0 saturated heterocycles. The van der Waals surface area contributed by atoms with Gasteiger partial charge in [-0.1, -0.05) is 18.2 Å². The SMILES string of the molecule is CN(CCc1cnc[nH]1)c1ccccc1. The lowest BCUT2D eigenvalue weighted by atomic mass is 10.2. The normalized spacial score (nSPS) is 10.2. The van der Waals surface area contributed by atoms with Crippen molar-refractivity contribution in [3.05, 3.63) is 48.5 Å². The number of hydrogen-bond acceptors (Lipinski definition) is 2. The molecule has 0 atom stereocenters. The molecule has 3 nitrogen and oxygen atoms in total. The third-order valence-corrected chi connectivity index (χ3v) is 2.47. The second kappa shape index (κ2) is 4.64. The molecule has 0 aliphatic heterocycles. The number of anilines is 1. The van der Waals surface area contributed by atoms with Crippen LogP contribution in [0.4, 0.5) is 5.69 Å². The van der Waals surface area contributed by atoms with Crippen molar-refractivity contribution in [2.75, 3.05) is 18.5 Å². The van der Waals surface area contributed by atoms with Crippen LogP contribution in [-0.2, 0) is 6.42 Å². The van der Waals surface area contributed by atoms with Crippen LogP contribution in [0.3, 0.4) is 0 Å². The summed E-state index contributed by atoms with van der Waals surface area (Å²) >= 11 is 0. The van der Waals surface area contributed by atoms with E-state index in [-0.39, 0.29) is 0 Å². The maximum atomic E-state index is 4.00. The lowest BCUT2D eigenvalue weighted by molar-refractivity contribution is 0.858. The molecule has 0 aliphatic rings. The Balaban J connectivity index is 1.90. The molecule has 1 aromatic heterocycles. The van der Waals surface area contributed by atoms with E-state index in [0.29, 0.717) is 0 Å². The third kappa shape index (κ3) is 2.59. The predicted molar refractivity (Wildman–Crippen MR) is 62.0 cm³/mol. The summed E-state index contributed by atoms with van der Waals surface area (Å²) in [6, 6.07) is 10.4. The van der Waals surface area contributed by atoms with Crippen molar-refractivity contribution in [1.29, 1.82) is 0 Å². The molecule has 3 heteroatoms. The molecule has 0 spiro atoms. The molecular formula is C12H15N3. The van der Waals surface area contributed by atoms with Crippen molar-refractivity contribution >= 4 is 5.69 Å². The summed E-state index contributed by atoms with van der Waals surface area (Å²) in [6.45, 7) is 0.992. The predicted octanol–water partition coefficient (Wildman–Crippen LogP) is 2.09. The van der Waals surface area contributed by atoms with E-state index in [1.165, 1.54) is 11.4 Å². The number of para-hydroxylation sites is 1. The molecule has 0 saturated carbocycles. The Morgan fingerprint density at radius 3 is 2.73 bits per heavy atom. The Bertz CT molecular complexity index is 381.